The molecule has 7 aromatic carbocycles. The molecule has 4 heterocycles. The van der Waals surface area contributed by atoms with Crippen molar-refractivity contribution in [3.8, 4) is 10.6 Å². The lowest BCUT2D eigenvalue weighted by molar-refractivity contribution is 0.669. The maximum atomic E-state index is 6.85. The van der Waals surface area contributed by atoms with Gasteiger partial charge in [-0.15, -0.1) is 34.0 Å². The Balaban J connectivity index is 1.24. The number of rotatable bonds is 4. The molecular formula is C43H24N2OS3. The summed E-state index contributed by atoms with van der Waals surface area (Å²) >= 11 is 5.42. The zero-order chi connectivity index (χ0) is 32.1. The molecule has 230 valence electrons. The third-order valence-electron chi connectivity index (χ3n) is 9.48. The third-order valence-corrected chi connectivity index (χ3v) is 12.9. The first-order chi connectivity index (χ1) is 24.3. The summed E-state index contributed by atoms with van der Waals surface area (Å²) in [6, 6.07) is 52.2. The van der Waals surface area contributed by atoms with E-state index in [-0.39, 0.29) is 0 Å². The molecule has 0 aliphatic heterocycles. The van der Waals surface area contributed by atoms with E-state index in [9.17, 15) is 0 Å². The van der Waals surface area contributed by atoms with Crippen LogP contribution in [0.3, 0.4) is 0 Å². The Morgan fingerprint density at radius 1 is 0.490 bits per heavy atom. The number of hydrogen-bond donors (Lipinski definition) is 0. The van der Waals surface area contributed by atoms with Crippen LogP contribution < -0.4 is 4.90 Å². The van der Waals surface area contributed by atoms with E-state index in [1.54, 1.807) is 11.3 Å². The number of aromatic nitrogens is 1. The molecule has 11 aromatic rings. The Bertz CT molecular complexity index is 3070. The van der Waals surface area contributed by atoms with E-state index >= 15 is 0 Å². The van der Waals surface area contributed by atoms with Crippen LogP contribution in [0.4, 0.5) is 17.1 Å². The minimum atomic E-state index is 0.865. The quantitative estimate of drug-likeness (QED) is 0.185. The number of furan rings is 1. The molecule has 3 nitrogen and oxygen atoms in total. The lowest BCUT2D eigenvalue weighted by Gasteiger charge is -2.26. The van der Waals surface area contributed by atoms with Crippen molar-refractivity contribution in [2.45, 2.75) is 0 Å². The normalized spacial score (nSPS) is 12.1. The van der Waals surface area contributed by atoms with Crippen LogP contribution in [0.15, 0.2) is 150 Å². The van der Waals surface area contributed by atoms with Gasteiger partial charge in [-0.2, -0.15) is 0 Å². The van der Waals surface area contributed by atoms with Gasteiger partial charge in [0.15, 0.2) is 5.58 Å². The first kappa shape index (κ1) is 27.4. The number of anilines is 3. The minimum Gasteiger partial charge on any atom is -0.454 e. The summed E-state index contributed by atoms with van der Waals surface area (Å²) in [5.74, 6) is 0. The molecule has 0 unspecified atom stereocenters. The lowest BCUT2D eigenvalue weighted by atomic mass is 10.1. The molecule has 0 radical (unpaired) electrons. The summed E-state index contributed by atoms with van der Waals surface area (Å²) in [5.41, 5.74) is 6.96. The van der Waals surface area contributed by atoms with Crippen LogP contribution in [0, 0.1) is 0 Å². The van der Waals surface area contributed by atoms with Crippen molar-refractivity contribution < 1.29 is 4.42 Å². The van der Waals surface area contributed by atoms with E-state index in [1.807, 2.05) is 28.7 Å². The molecule has 0 spiro atoms. The van der Waals surface area contributed by atoms with Gasteiger partial charge < -0.3 is 9.32 Å². The van der Waals surface area contributed by atoms with Gasteiger partial charge in [0.1, 0.15) is 10.6 Å². The Hall–Kier alpha value is -5.53. The van der Waals surface area contributed by atoms with Crippen LogP contribution in [0.2, 0.25) is 0 Å². The number of hydrogen-bond acceptors (Lipinski definition) is 6. The van der Waals surface area contributed by atoms with Crippen LogP contribution >= 0.6 is 34.0 Å². The number of benzene rings is 7. The average Bonchev–Trinajstić information content (AvgIpc) is 3.93. The van der Waals surface area contributed by atoms with Crippen LogP contribution in [0.25, 0.3) is 83.1 Å². The van der Waals surface area contributed by atoms with Gasteiger partial charge in [-0.3, -0.25) is 0 Å². The highest BCUT2D eigenvalue weighted by Gasteiger charge is 2.25. The van der Waals surface area contributed by atoms with E-state index in [1.165, 1.54) is 40.3 Å². The molecule has 0 saturated carbocycles. The summed E-state index contributed by atoms with van der Waals surface area (Å²) in [6.45, 7) is 0. The first-order valence-corrected chi connectivity index (χ1v) is 18.6. The topological polar surface area (TPSA) is 29.3 Å². The van der Waals surface area contributed by atoms with Crippen LogP contribution in [0.1, 0.15) is 0 Å². The summed E-state index contributed by atoms with van der Waals surface area (Å²) < 4.78 is 13.1. The highest BCUT2D eigenvalue weighted by Crippen LogP contribution is 2.49. The van der Waals surface area contributed by atoms with Crippen LogP contribution in [-0.4, -0.2) is 4.98 Å². The molecule has 11 rings (SSSR count). The van der Waals surface area contributed by atoms with Gasteiger partial charge in [-0.25, -0.2) is 4.98 Å². The summed E-state index contributed by atoms with van der Waals surface area (Å²) in [7, 11) is 0. The zero-order valence-corrected chi connectivity index (χ0v) is 28.3. The predicted octanol–water partition coefficient (Wildman–Crippen LogP) is 14.1. The molecule has 6 heteroatoms. The summed E-state index contributed by atoms with van der Waals surface area (Å²) in [6.07, 6.45) is 0. The molecule has 0 bridgehead atoms. The minimum absolute atomic E-state index is 0.865. The highest BCUT2D eigenvalue weighted by atomic mass is 32.1. The van der Waals surface area contributed by atoms with E-state index in [0.717, 1.165) is 59.8 Å². The van der Waals surface area contributed by atoms with E-state index in [4.69, 9.17) is 9.40 Å². The molecule has 0 aliphatic rings. The number of nitrogens with zero attached hydrogens (tertiary/aromatic N) is 2. The Morgan fingerprint density at radius 3 is 1.96 bits per heavy atom. The highest BCUT2D eigenvalue weighted by molar-refractivity contribution is 7.26. The van der Waals surface area contributed by atoms with Crippen molar-refractivity contribution >= 4 is 124 Å². The molecule has 0 fully saturated rings. The second-order valence-corrected chi connectivity index (χ2v) is 15.5. The summed E-state index contributed by atoms with van der Waals surface area (Å²) in [5, 5.41) is 8.32. The van der Waals surface area contributed by atoms with Crippen molar-refractivity contribution in [1.82, 2.24) is 4.98 Å². The fourth-order valence-electron chi connectivity index (χ4n) is 7.26. The third kappa shape index (κ3) is 4.15. The lowest BCUT2D eigenvalue weighted by Crippen LogP contribution is -2.10. The number of thiophene rings is 2. The van der Waals surface area contributed by atoms with Gasteiger partial charge in [0.2, 0.25) is 0 Å². The largest absolute Gasteiger partial charge is 0.454 e. The molecule has 0 amide bonds. The van der Waals surface area contributed by atoms with Gasteiger partial charge in [-0.1, -0.05) is 91.0 Å². The number of thiazole rings is 1. The van der Waals surface area contributed by atoms with Crippen molar-refractivity contribution in [1.29, 1.82) is 0 Å². The van der Waals surface area contributed by atoms with Crippen molar-refractivity contribution in [3.05, 3.63) is 146 Å². The van der Waals surface area contributed by atoms with E-state index in [2.05, 4.69) is 144 Å². The van der Waals surface area contributed by atoms with E-state index in [0.29, 0.717) is 0 Å². The summed E-state index contributed by atoms with van der Waals surface area (Å²) in [4.78, 5) is 7.64. The first-order valence-electron chi connectivity index (χ1n) is 16.2. The number of para-hydroxylation sites is 1. The number of fused-ring (bicyclic) bond motifs is 11. The van der Waals surface area contributed by atoms with Crippen molar-refractivity contribution in [3.63, 3.8) is 0 Å². The zero-order valence-electron chi connectivity index (χ0n) is 25.9. The molecule has 0 aliphatic carbocycles. The predicted molar refractivity (Wildman–Crippen MR) is 213 cm³/mol. The van der Waals surface area contributed by atoms with Crippen LogP contribution in [-0.2, 0) is 0 Å². The molecule has 4 aromatic heterocycles. The Morgan fingerprint density at radius 2 is 1.12 bits per heavy atom. The van der Waals surface area contributed by atoms with Crippen molar-refractivity contribution in [2.24, 2.45) is 0 Å². The molecule has 0 N–H and O–H groups in total. The molecule has 49 heavy (non-hydrogen) atoms. The van der Waals surface area contributed by atoms with Gasteiger partial charge in [0.05, 0.1) is 15.9 Å². The Kier molecular flexibility index (Phi) is 5.87. The molecule has 0 saturated heterocycles. The van der Waals surface area contributed by atoms with E-state index < -0.39 is 0 Å². The monoisotopic (exact) mass is 680 g/mol. The molecule has 0 atom stereocenters. The van der Waals surface area contributed by atoms with Crippen LogP contribution in [0.5, 0.6) is 0 Å². The fraction of sp³-hybridized carbons (Fsp3) is 0. The SMILES string of the molecule is c1ccc(-c2nc3cc(N(c4ccc5c(c4)sc4ccccc45)c4ccc5sc6ccccc6c5c4)c4oc5ccccc5c4c3s2)cc1. The van der Waals surface area contributed by atoms with Gasteiger partial charge >= 0.3 is 0 Å². The van der Waals surface area contributed by atoms with Crippen molar-refractivity contribution in [2.75, 3.05) is 4.90 Å². The second kappa shape index (κ2) is 10.5. The maximum Gasteiger partial charge on any atom is 0.160 e. The fourth-order valence-corrected chi connectivity index (χ4v) is 10.6. The van der Waals surface area contributed by atoms with Gasteiger partial charge in [0.25, 0.3) is 0 Å². The smallest absolute Gasteiger partial charge is 0.160 e. The Labute approximate surface area is 292 Å². The van der Waals surface area contributed by atoms with Gasteiger partial charge in [-0.05, 0) is 54.6 Å². The molecular weight excluding hydrogens is 657 g/mol. The second-order valence-electron chi connectivity index (χ2n) is 12.3. The van der Waals surface area contributed by atoms with Gasteiger partial charge in [0, 0.05) is 68.1 Å². The maximum absolute atomic E-state index is 6.85. The average molecular weight is 681 g/mol. The standard InChI is InChI=1S/C43H24N2OS3/c1-2-10-25(11-3-1)43-44-33-24-34(41-40(42(33)49-43)31-14-4-7-15-35(31)46-41)45(26-19-21-38-32(22-26)29-13-6-9-17-37(29)47-38)27-18-20-30-28-12-5-8-16-36(28)48-39(30)23-27/h1-24H.